The lowest BCUT2D eigenvalue weighted by Gasteiger charge is -2.07. The number of aliphatic imine (C=N–C) groups is 1. The molecule has 0 spiro atoms. The number of nitrogens with two attached hydrogens (primary N) is 1. The summed E-state index contributed by atoms with van der Waals surface area (Å²) in [4.78, 5) is 15.8. The predicted molar refractivity (Wildman–Crippen MR) is 82.9 cm³/mol. The Balaban J connectivity index is 2.42. The third kappa shape index (κ3) is 5.73. The Hall–Kier alpha value is -2.04. The van der Waals surface area contributed by atoms with Crippen LogP contribution in [0, 0.1) is 0 Å². The number of unbranched alkanes of at least 4 members (excludes halogenated alkanes) is 1. The Labute approximate surface area is 120 Å². The molecular formula is C15H24N4O. The van der Waals surface area contributed by atoms with Crippen molar-refractivity contribution in [2.24, 2.45) is 10.7 Å². The minimum atomic E-state index is -0.0690. The van der Waals surface area contributed by atoms with Crippen molar-refractivity contribution in [2.45, 2.75) is 26.2 Å². The lowest BCUT2D eigenvalue weighted by atomic mass is 10.1. The van der Waals surface area contributed by atoms with E-state index in [1.54, 1.807) is 13.1 Å². The second-order valence-electron chi connectivity index (χ2n) is 4.58. The molecule has 0 aliphatic heterocycles. The molecule has 0 aliphatic rings. The Morgan fingerprint density at radius 2 is 2.20 bits per heavy atom. The molecule has 4 N–H and O–H groups in total. The van der Waals surface area contributed by atoms with E-state index in [9.17, 15) is 4.79 Å². The van der Waals surface area contributed by atoms with Crippen LogP contribution < -0.4 is 16.4 Å². The van der Waals surface area contributed by atoms with Gasteiger partial charge in [-0.1, -0.05) is 25.5 Å². The van der Waals surface area contributed by atoms with Gasteiger partial charge in [-0.15, -0.1) is 0 Å². The first-order valence-corrected chi connectivity index (χ1v) is 7.02. The average Bonchev–Trinajstić information content (AvgIpc) is 2.47. The molecule has 0 saturated carbocycles. The third-order valence-corrected chi connectivity index (χ3v) is 2.93. The number of hydrogen-bond acceptors (Lipinski definition) is 2. The number of benzene rings is 1. The van der Waals surface area contributed by atoms with Crippen LogP contribution in [0.5, 0.6) is 0 Å². The molecule has 0 heterocycles. The van der Waals surface area contributed by atoms with E-state index in [-0.39, 0.29) is 5.91 Å². The zero-order valence-corrected chi connectivity index (χ0v) is 12.3. The lowest BCUT2D eigenvalue weighted by molar-refractivity contribution is 0.0963. The van der Waals surface area contributed by atoms with Crippen LogP contribution in [-0.4, -0.2) is 32.0 Å². The number of nitrogens with zero attached hydrogens (tertiary/aromatic N) is 1. The van der Waals surface area contributed by atoms with Gasteiger partial charge < -0.3 is 16.4 Å². The van der Waals surface area contributed by atoms with Gasteiger partial charge in [0.15, 0.2) is 5.96 Å². The molecule has 0 saturated heterocycles. The first-order chi connectivity index (χ1) is 9.67. The van der Waals surface area contributed by atoms with Gasteiger partial charge >= 0.3 is 0 Å². The average molecular weight is 276 g/mol. The standard InChI is InChI=1S/C15H24N4O/c1-3-4-9-18-15(16)19-10-8-12-6-5-7-13(11-12)14(20)17-2/h5-7,11H,3-4,8-10H2,1-2H3,(H,17,20)(H3,16,18,19). The highest BCUT2D eigenvalue weighted by molar-refractivity contribution is 5.94. The smallest absolute Gasteiger partial charge is 0.251 e. The summed E-state index contributed by atoms with van der Waals surface area (Å²) in [6.45, 7) is 3.60. The molecule has 0 atom stereocenters. The molecule has 0 bridgehead atoms. The highest BCUT2D eigenvalue weighted by atomic mass is 16.1. The fraction of sp³-hybridized carbons (Fsp3) is 0.467. The van der Waals surface area contributed by atoms with Gasteiger partial charge in [0.05, 0.1) is 0 Å². The Bertz CT molecular complexity index is 457. The second kappa shape index (κ2) is 8.96. The van der Waals surface area contributed by atoms with Gasteiger partial charge in [0.25, 0.3) is 5.91 Å². The van der Waals surface area contributed by atoms with E-state index >= 15 is 0 Å². The third-order valence-electron chi connectivity index (χ3n) is 2.93. The zero-order valence-electron chi connectivity index (χ0n) is 12.3. The minimum absolute atomic E-state index is 0.0690. The van der Waals surface area contributed by atoms with Crippen LogP contribution in [0.2, 0.25) is 0 Å². The van der Waals surface area contributed by atoms with Crippen molar-refractivity contribution in [3.8, 4) is 0 Å². The van der Waals surface area contributed by atoms with Gasteiger partial charge in [0.1, 0.15) is 0 Å². The number of guanidine groups is 1. The highest BCUT2D eigenvalue weighted by Gasteiger charge is 2.03. The van der Waals surface area contributed by atoms with Crippen LogP contribution in [0.25, 0.3) is 0 Å². The van der Waals surface area contributed by atoms with Gasteiger partial charge in [0.2, 0.25) is 0 Å². The maximum Gasteiger partial charge on any atom is 0.251 e. The van der Waals surface area contributed by atoms with Gasteiger partial charge in [-0.2, -0.15) is 0 Å². The SMILES string of the molecule is CCCCN=C(N)NCCc1cccc(C(=O)NC)c1. The second-order valence-corrected chi connectivity index (χ2v) is 4.58. The quantitative estimate of drug-likeness (QED) is 0.399. The van der Waals surface area contributed by atoms with Crippen LogP contribution in [0.4, 0.5) is 0 Å². The molecule has 1 aromatic carbocycles. The van der Waals surface area contributed by atoms with Crippen molar-refractivity contribution in [1.82, 2.24) is 10.6 Å². The number of rotatable bonds is 7. The topological polar surface area (TPSA) is 79.5 Å². The van der Waals surface area contributed by atoms with Crippen LogP contribution >= 0.6 is 0 Å². The summed E-state index contributed by atoms with van der Waals surface area (Å²) in [5.41, 5.74) is 7.53. The summed E-state index contributed by atoms with van der Waals surface area (Å²) in [5, 5.41) is 5.70. The fourth-order valence-electron chi connectivity index (χ4n) is 1.76. The van der Waals surface area contributed by atoms with Crippen molar-refractivity contribution >= 4 is 11.9 Å². The predicted octanol–water partition coefficient (Wildman–Crippen LogP) is 1.29. The van der Waals surface area contributed by atoms with E-state index in [1.165, 1.54) is 0 Å². The van der Waals surface area contributed by atoms with Crippen molar-refractivity contribution in [3.05, 3.63) is 35.4 Å². The number of amides is 1. The van der Waals surface area contributed by atoms with Gasteiger partial charge in [-0.3, -0.25) is 9.79 Å². The van der Waals surface area contributed by atoms with Gasteiger partial charge in [-0.05, 0) is 30.5 Å². The first-order valence-electron chi connectivity index (χ1n) is 7.02. The maximum absolute atomic E-state index is 11.5. The summed E-state index contributed by atoms with van der Waals surface area (Å²) in [6.07, 6.45) is 2.97. The Morgan fingerprint density at radius 3 is 2.90 bits per heavy atom. The summed E-state index contributed by atoms with van der Waals surface area (Å²) in [6, 6.07) is 7.58. The molecule has 1 amide bonds. The Morgan fingerprint density at radius 1 is 1.40 bits per heavy atom. The van der Waals surface area contributed by atoms with E-state index in [2.05, 4.69) is 22.5 Å². The van der Waals surface area contributed by atoms with Crippen molar-refractivity contribution < 1.29 is 4.79 Å². The van der Waals surface area contributed by atoms with E-state index in [4.69, 9.17) is 5.73 Å². The van der Waals surface area contributed by atoms with Gasteiger partial charge in [0, 0.05) is 25.7 Å². The number of carbonyl (C=O) groups excluding carboxylic acids is 1. The summed E-state index contributed by atoms with van der Waals surface area (Å²) in [7, 11) is 1.63. The molecule has 0 radical (unpaired) electrons. The van der Waals surface area contributed by atoms with Crippen molar-refractivity contribution in [1.29, 1.82) is 0 Å². The summed E-state index contributed by atoms with van der Waals surface area (Å²) < 4.78 is 0. The van der Waals surface area contributed by atoms with Crippen LogP contribution in [0.15, 0.2) is 29.3 Å². The summed E-state index contributed by atoms with van der Waals surface area (Å²) in [5.74, 6) is 0.418. The van der Waals surface area contributed by atoms with E-state index in [1.807, 2.05) is 18.2 Å². The molecule has 0 aliphatic carbocycles. The van der Waals surface area contributed by atoms with Crippen LogP contribution in [0.3, 0.4) is 0 Å². The first kappa shape index (κ1) is 16.0. The van der Waals surface area contributed by atoms with E-state index < -0.39 is 0 Å². The molecule has 1 aromatic rings. The van der Waals surface area contributed by atoms with Gasteiger partial charge in [-0.25, -0.2) is 0 Å². The zero-order chi connectivity index (χ0) is 14.8. The summed E-state index contributed by atoms with van der Waals surface area (Å²) >= 11 is 0. The highest BCUT2D eigenvalue weighted by Crippen LogP contribution is 2.05. The number of carbonyl (C=O) groups is 1. The maximum atomic E-state index is 11.5. The van der Waals surface area contributed by atoms with Crippen LogP contribution in [-0.2, 0) is 6.42 Å². The van der Waals surface area contributed by atoms with E-state index in [0.29, 0.717) is 18.1 Å². The molecule has 20 heavy (non-hydrogen) atoms. The number of nitrogens with one attached hydrogen (secondary N) is 2. The normalized spacial score (nSPS) is 11.2. The largest absolute Gasteiger partial charge is 0.370 e. The molecule has 5 heteroatoms. The minimum Gasteiger partial charge on any atom is -0.370 e. The monoisotopic (exact) mass is 276 g/mol. The van der Waals surface area contributed by atoms with Crippen molar-refractivity contribution in [2.75, 3.05) is 20.1 Å². The lowest BCUT2D eigenvalue weighted by Crippen LogP contribution is -2.33. The van der Waals surface area contributed by atoms with Crippen molar-refractivity contribution in [3.63, 3.8) is 0 Å². The Kier molecular flexibility index (Phi) is 7.17. The molecule has 0 aromatic heterocycles. The van der Waals surface area contributed by atoms with E-state index in [0.717, 1.165) is 31.4 Å². The molecule has 0 unspecified atom stereocenters. The molecule has 0 fully saturated rings. The molecule has 1 rings (SSSR count). The molecular weight excluding hydrogens is 252 g/mol. The fourth-order valence-corrected chi connectivity index (χ4v) is 1.76. The molecule has 5 nitrogen and oxygen atoms in total. The number of hydrogen-bond donors (Lipinski definition) is 3. The molecule has 110 valence electrons. The van der Waals surface area contributed by atoms with Crippen LogP contribution in [0.1, 0.15) is 35.7 Å².